The van der Waals surface area contributed by atoms with Crippen LogP contribution in [-0.2, 0) is 4.74 Å². The van der Waals surface area contributed by atoms with Gasteiger partial charge in [0, 0.05) is 16.5 Å². The zero-order valence-electron chi connectivity index (χ0n) is 12.7. The summed E-state index contributed by atoms with van der Waals surface area (Å²) < 4.78 is 4.95. The molecule has 0 aliphatic heterocycles. The van der Waals surface area contributed by atoms with Crippen LogP contribution in [0.3, 0.4) is 0 Å². The first-order valence-electron chi connectivity index (χ1n) is 7.46. The van der Waals surface area contributed by atoms with Crippen LogP contribution in [0.25, 0.3) is 32.8 Å². The number of rotatable bonds is 2. The van der Waals surface area contributed by atoms with Crippen LogP contribution in [-0.4, -0.2) is 18.1 Å². The fraction of sp³-hybridized carbons (Fsp3) is 0.0500. The summed E-state index contributed by atoms with van der Waals surface area (Å²) in [6.07, 6.45) is 0. The van der Waals surface area contributed by atoms with E-state index in [2.05, 4.69) is 29.2 Å². The van der Waals surface area contributed by atoms with Gasteiger partial charge >= 0.3 is 5.97 Å². The third-order valence-electron chi connectivity index (χ3n) is 4.13. The van der Waals surface area contributed by atoms with Crippen LogP contribution in [0.4, 0.5) is 0 Å². The quantitative estimate of drug-likeness (QED) is 0.542. The molecular formula is C20H15NO2. The highest BCUT2D eigenvalue weighted by atomic mass is 16.5. The second-order valence-corrected chi connectivity index (χ2v) is 5.47. The molecule has 0 unspecified atom stereocenters. The number of benzene rings is 3. The average Bonchev–Trinajstić information content (AvgIpc) is 3.00. The molecule has 4 aromatic rings. The Morgan fingerprint density at radius 2 is 1.65 bits per heavy atom. The maximum absolute atomic E-state index is 12.2. The topological polar surface area (TPSA) is 42.1 Å². The smallest absolute Gasteiger partial charge is 0.355 e. The van der Waals surface area contributed by atoms with Crippen molar-refractivity contribution in [2.24, 2.45) is 0 Å². The minimum atomic E-state index is -0.357. The van der Waals surface area contributed by atoms with E-state index in [1.54, 1.807) is 0 Å². The molecule has 4 rings (SSSR count). The van der Waals surface area contributed by atoms with Gasteiger partial charge < -0.3 is 9.72 Å². The fourth-order valence-corrected chi connectivity index (χ4v) is 3.04. The van der Waals surface area contributed by atoms with Gasteiger partial charge in [0.2, 0.25) is 0 Å². The van der Waals surface area contributed by atoms with Gasteiger partial charge in [-0.2, -0.15) is 0 Å². The molecule has 1 heterocycles. The lowest BCUT2D eigenvalue weighted by molar-refractivity contribution is 0.0596. The van der Waals surface area contributed by atoms with Crippen LogP contribution in [0.15, 0.2) is 66.7 Å². The van der Waals surface area contributed by atoms with Gasteiger partial charge in [-0.1, -0.05) is 54.6 Å². The number of carbonyl (C=O) groups excluding carboxylic acids is 1. The largest absolute Gasteiger partial charge is 0.464 e. The van der Waals surface area contributed by atoms with Crippen LogP contribution in [0, 0.1) is 0 Å². The maximum atomic E-state index is 12.2. The molecular weight excluding hydrogens is 286 g/mol. The Labute approximate surface area is 133 Å². The number of esters is 1. The maximum Gasteiger partial charge on any atom is 0.355 e. The highest BCUT2D eigenvalue weighted by molar-refractivity contribution is 6.08. The van der Waals surface area contributed by atoms with Crippen molar-refractivity contribution in [2.45, 2.75) is 0 Å². The van der Waals surface area contributed by atoms with E-state index in [1.165, 1.54) is 12.5 Å². The second kappa shape index (κ2) is 5.29. The molecule has 0 radical (unpaired) electrons. The summed E-state index contributed by atoms with van der Waals surface area (Å²) in [7, 11) is 1.40. The predicted octanol–water partition coefficient (Wildman–Crippen LogP) is 4.77. The molecule has 1 aromatic heterocycles. The summed E-state index contributed by atoms with van der Waals surface area (Å²) in [6, 6.07) is 22.3. The van der Waals surface area contributed by atoms with Crippen LogP contribution < -0.4 is 0 Å². The number of nitrogens with one attached hydrogen (secondary N) is 1. The van der Waals surface area contributed by atoms with Gasteiger partial charge in [-0.3, -0.25) is 0 Å². The van der Waals surface area contributed by atoms with E-state index in [-0.39, 0.29) is 5.97 Å². The minimum absolute atomic E-state index is 0.357. The molecule has 0 fully saturated rings. The van der Waals surface area contributed by atoms with E-state index in [0.717, 1.165) is 27.4 Å². The van der Waals surface area contributed by atoms with Crippen molar-refractivity contribution in [1.29, 1.82) is 0 Å². The Morgan fingerprint density at radius 3 is 2.48 bits per heavy atom. The van der Waals surface area contributed by atoms with Gasteiger partial charge in [-0.15, -0.1) is 0 Å². The van der Waals surface area contributed by atoms with Crippen molar-refractivity contribution in [2.75, 3.05) is 7.11 Å². The number of hydrogen-bond donors (Lipinski definition) is 1. The lowest BCUT2D eigenvalue weighted by Gasteiger charge is -2.06. The van der Waals surface area contributed by atoms with Crippen molar-refractivity contribution in [3.8, 4) is 11.1 Å². The minimum Gasteiger partial charge on any atom is -0.464 e. The van der Waals surface area contributed by atoms with E-state index >= 15 is 0 Å². The first kappa shape index (κ1) is 13.6. The number of carbonyl (C=O) groups is 1. The summed E-state index contributed by atoms with van der Waals surface area (Å²) in [5.41, 5.74) is 3.31. The van der Waals surface area contributed by atoms with E-state index in [1.807, 2.05) is 42.5 Å². The molecule has 0 saturated carbocycles. The van der Waals surface area contributed by atoms with E-state index in [4.69, 9.17) is 4.74 Å². The first-order chi connectivity index (χ1) is 11.3. The number of fused-ring (bicyclic) bond motifs is 2. The number of methoxy groups -OCH3 is 1. The number of aromatic nitrogens is 1. The van der Waals surface area contributed by atoms with Crippen LogP contribution in [0.5, 0.6) is 0 Å². The summed E-state index contributed by atoms with van der Waals surface area (Å²) in [6.45, 7) is 0. The van der Waals surface area contributed by atoms with Crippen molar-refractivity contribution in [3.63, 3.8) is 0 Å². The van der Waals surface area contributed by atoms with Gasteiger partial charge in [-0.05, 0) is 28.5 Å². The molecule has 0 aliphatic carbocycles. The molecule has 3 heteroatoms. The molecule has 0 atom stereocenters. The SMILES string of the molecule is COC(=O)c1[nH]c2ccccc2c1-c1ccc2ccccc2c1. The molecule has 1 N–H and O–H groups in total. The predicted molar refractivity (Wildman–Crippen MR) is 92.6 cm³/mol. The van der Waals surface area contributed by atoms with Gasteiger partial charge in [-0.25, -0.2) is 4.79 Å². The van der Waals surface area contributed by atoms with Crippen LogP contribution >= 0.6 is 0 Å². The van der Waals surface area contributed by atoms with Crippen LogP contribution in [0.2, 0.25) is 0 Å². The lowest BCUT2D eigenvalue weighted by Crippen LogP contribution is -2.03. The molecule has 0 saturated heterocycles. The number of H-pyrrole nitrogens is 1. The Balaban J connectivity index is 2.03. The van der Waals surface area contributed by atoms with Crippen LogP contribution in [0.1, 0.15) is 10.5 Å². The lowest BCUT2D eigenvalue weighted by atomic mass is 9.98. The zero-order valence-corrected chi connectivity index (χ0v) is 12.7. The summed E-state index contributed by atoms with van der Waals surface area (Å²) >= 11 is 0. The summed E-state index contributed by atoms with van der Waals surface area (Å²) in [5.74, 6) is -0.357. The highest BCUT2D eigenvalue weighted by Crippen LogP contribution is 2.34. The van der Waals surface area contributed by atoms with Gasteiger partial charge in [0.15, 0.2) is 0 Å². The Bertz CT molecular complexity index is 1030. The molecule has 3 nitrogen and oxygen atoms in total. The molecule has 0 aliphatic rings. The van der Waals surface area contributed by atoms with E-state index < -0.39 is 0 Å². The normalized spacial score (nSPS) is 11.0. The molecule has 0 amide bonds. The van der Waals surface area contributed by atoms with E-state index in [0.29, 0.717) is 5.69 Å². The summed E-state index contributed by atoms with van der Waals surface area (Å²) in [5, 5.41) is 3.34. The van der Waals surface area contributed by atoms with Crippen molar-refractivity contribution < 1.29 is 9.53 Å². The van der Waals surface area contributed by atoms with Gasteiger partial charge in [0.05, 0.1) is 7.11 Å². The fourth-order valence-electron chi connectivity index (χ4n) is 3.04. The highest BCUT2D eigenvalue weighted by Gasteiger charge is 2.19. The zero-order chi connectivity index (χ0) is 15.8. The van der Waals surface area contributed by atoms with Crippen molar-refractivity contribution in [1.82, 2.24) is 4.98 Å². The Hall–Kier alpha value is -3.07. The number of ether oxygens (including phenoxy) is 1. The first-order valence-corrected chi connectivity index (χ1v) is 7.46. The summed E-state index contributed by atoms with van der Waals surface area (Å²) in [4.78, 5) is 15.4. The third-order valence-corrected chi connectivity index (χ3v) is 4.13. The average molecular weight is 301 g/mol. The van der Waals surface area contributed by atoms with E-state index in [9.17, 15) is 4.79 Å². The third kappa shape index (κ3) is 2.18. The van der Waals surface area contributed by atoms with Crippen molar-refractivity contribution in [3.05, 3.63) is 72.4 Å². The Kier molecular flexibility index (Phi) is 3.12. The monoisotopic (exact) mass is 301 g/mol. The number of hydrogen-bond acceptors (Lipinski definition) is 2. The molecule has 23 heavy (non-hydrogen) atoms. The molecule has 0 spiro atoms. The molecule has 112 valence electrons. The standard InChI is InChI=1S/C20H15NO2/c1-23-20(22)19-18(16-8-4-5-9-17(16)21-19)15-11-10-13-6-2-3-7-14(13)12-15/h2-12,21H,1H3. The van der Waals surface area contributed by atoms with Gasteiger partial charge in [0.25, 0.3) is 0 Å². The number of aromatic amines is 1. The Morgan fingerprint density at radius 1 is 0.913 bits per heavy atom. The van der Waals surface area contributed by atoms with Gasteiger partial charge in [0.1, 0.15) is 5.69 Å². The molecule has 3 aromatic carbocycles. The molecule has 0 bridgehead atoms. The second-order valence-electron chi connectivity index (χ2n) is 5.47. The number of para-hydroxylation sites is 1. The van der Waals surface area contributed by atoms with Crippen molar-refractivity contribution >= 4 is 27.6 Å².